The Morgan fingerprint density at radius 2 is 2.00 bits per heavy atom. The predicted molar refractivity (Wildman–Crippen MR) is 89.9 cm³/mol. The van der Waals surface area contributed by atoms with E-state index < -0.39 is 0 Å². The molecule has 6 nitrogen and oxygen atoms in total. The number of aromatic nitrogens is 4. The number of anilines is 1. The molecule has 0 unspecified atom stereocenters. The van der Waals surface area contributed by atoms with Crippen molar-refractivity contribution < 1.29 is 0 Å². The average molecular weight is 309 g/mol. The van der Waals surface area contributed by atoms with E-state index in [9.17, 15) is 4.79 Å². The first-order valence-electron chi connectivity index (χ1n) is 7.61. The van der Waals surface area contributed by atoms with Crippen molar-refractivity contribution in [1.82, 2.24) is 19.7 Å². The molecule has 0 aliphatic rings. The van der Waals surface area contributed by atoms with Crippen molar-refractivity contribution in [1.29, 1.82) is 0 Å². The Labute approximate surface area is 134 Å². The maximum absolute atomic E-state index is 11.8. The summed E-state index contributed by atoms with van der Waals surface area (Å²) < 4.78 is 1.64. The van der Waals surface area contributed by atoms with Crippen molar-refractivity contribution in [2.45, 2.75) is 26.8 Å². The molecule has 0 saturated heterocycles. The van der Waals surface area contributed by atoms with Crippen LogP contribution in [0.2, 0.25) is 0 Å². The lowest BCUT2D eigenvalue weighted by molar-refractivity contribution is 0.777. The standard InChI is InChI=1S/C17H19N5O/c1-3-14-10-16(23)20-17(19-14)22-15(9-12(2)21-22)18-11-13-7-5-4-6-8-13/h4-10,18H,3,11H2,1-2H3,(H,19,20,23). The molecule has 3 aromatic rings. The van der Waals surface area contributed by atoms with Crippen LogP contribution >= 0.6 is 0 Å². The fourth-order valence-corrected chi connectivity index (χ4v) is 2.35. The van der Waals surface area contributed by atoms with Crippen LogP contribution in [-0.2, 0) is 13.0 Å². The van der Waals surface area contributed by atoms with Crippen LogP contribution in [-0.4, -0.2) is 19.7 Å². The van der Waals surface area contributed by atoms with E-state index in [4.69, 9.17) is 0 Å². The predicted octanol–water partition coefficient (Wildman–Crippen LogP) is 2.44. The van der Waals surface area contributed by atoms with Gasteiger partial charge in [0.1, 0.15) is 5.82 Å². The minimum absolute atomic E-state index is 0.172. The number of hydrogen-bond acceptors (Lipinski definition) is 4. The second kappa shape index (κ2) is 6.48. The summed E-state index contributed by atoms with van der Waals surface area (Å²) in [5.74, 6) is 1.22. The number of H-pyrrole nitrogens is 1. The second-order valence-corrected chi connectivity index (χ2v) is 5.34. The number of nitrogens with zero attached hydrogens (tertiary/aromatic N) is 3. The van der Waals surface area contributed by atoms with Crippen LogP contribution in [0.1, 0.15) is 23.9 Å². The molecule has 118 valence electrons. The van der Waals surface area contributed by atoms with E-state index in [0.29, 0.717) is 18.9 Å². The molecule has 0 atom stereocenters. The molecule has 0 aliphatic heterocycles. The number of hydrogen-bond donors (Lipinski definition) is 2. The topological polar surface area (TPSA) is 75.6 Å². The molecule has 0 saturated carbocycles. The van der Waals surface area contributed by atoms with Gasteiger partial charge in [0.2, 0.25) is 5.95 Å². The van der Waals surface area contributed by atoms with Crippen molar-refractivity contribution >= 4 is 5.82 Å². The van der Waals surface area contributed by atoms with Gasteiger partial charge in [0.15, 0.2) is 0 Å². The summed E-state index contributed by atoms with van der Waals surface area (Å²) >= 11 is 0. The minimum Gasteiger partial charge on any atom is -0.366 e. The highest BCUT2D eigenvalue weighted by molar-refractivity contribution is 5.42. The Hall–Kier alpha value is -2.89. The van der Waals surface area contributed by atoms with E-state index in [-0.39, 0.29) is 5.56 Å². The maximum Gasteiger partial charge on any atom is 0.252 e. The van der Waals surface area contributed by atoms with Gasteiger partial charge in [-0.25, -0.2) is 4.98 Å². The third-order valence-corrected chi connectivity index (χ3v) is 3.49. The molecule has 3 rings (SSSR count). The molecule has 0 bridgehead atoms. The summed E-state index contributed by atoms with van der Waals surface area (Å²) in [4.78, 5) is 19.0. The van der Waals surface area contributed by atoms with Crippen LogP contribution in [0.3, 0.4) is 0 Å². The highest BCUT2D eigenvalue weighted by Crippen LogP contribution is 2.15. The summed E-state index contributed by atoms with van der Waals surface area (Å²) in [6.07, 6.45) is 0.698. The van der Waals surface area contributed by atoms with Crippen LogP contribution < -0.4 is 10.9 Å². The molecule has 0 spiro atoms. The van der Waals surface area contributed by atoms with E-state index in [0.717, 1.165) is 17.2 Å². The molecule has 2 N–H and O–H groups in total. The van der Waals surface area contributed by atoms with Crippen LogP contribution in [0.25, 0.3) is 5.95 Å². The smallest absolute Gasteiger partial charge is 0.252 e. The lowest BCUT2D eigenvalue weighted by Crippen LogP contribution is -2.16. The highest BCUT2D eigenvalue weighted by atomic mass is 16.1. The van der Waals surface area contributed by atoms with Crippen molar-refractivity contribution in [3.05, 3.63) is 69.8 Å². The SMILES string of the molecule is CCc1cc(=O)[nH]c(-n2nc(C)cc2NCc2ccccc2)n1. The number of aromatic amines is 1. The van der Waals surface area contributed by atoms with Gasteiger partial charge in [-0.2, -0.15) is 9.78 Å². The molecule has 0 amide bonds. The molecule has 2 aromatic heterocycles. The monoisotopic (exact) mass is 309 g/mol. The molecule has 6 heteroatoms. The molecule has 0 fully saturated rings. The average Bonchev–Trinajstić information content (AvgIpc) is 2.94. The molecular formula is C17H19N5O. The molecule has 2 heterocycles. The molecule has 0 radical (unpaired) electrons. The first-order valence-corrected chi connectivity index (χ1v) is 7.61. The summed E-state index contributed by atoms with van der Waals surface area (Å²) in [7, 11) is 0. The minimum atomic E-state index is -0.172. The van der Waals surface area contributed by atoms with Crippen LogP contribution in [0, 0.1) is 6.92 Å². The maximum atomic E-state index is 11.8. The Balaban J connectivity index is 1.91. The van der Waals surface area contributed by atoms with Crippen LogP contribution in [0.15, 0.2) is 47.3 Å². The van der Waals surface area contributed by atoms with E-state index in [2.05, 4.69) is 32.5 Å². The molecule has 0 aliphatic carbocycles. The quantitative estimate of drug-likeness (QED) is 0.759. The van der Waals surface area contributed by atoms with Gasteiger partial charge in [-0.1, -0.05) is 37.3 Å². The van der Waals surface area contributed by atoms with Gasteiger partial charge < -0.3 is 5.32 Å². The van der Waals surface area contributed by atoms with Gasteiger partial charge in [-0.15, -0.1) is 0 Å². The molecular weight excluding hydrogens is 290 g/mol. The summed E-state index contributed by atoms with van der Waals surface area (Å²) in [6.45, 7) is 4.55. The Bertz CT molecular complexity index is 851. The summed E-state index contributed by atoms with van der Waals surface area (Å²) in [5, 5.41) is 7.78. The molecule has 1 aromatic carbocycles. The van der Waals surface area contributed by atoms with Crippen LogP contribution in [0.4, 0.5) is 5.82 Å². The van der Waals surface area contributed by atoms with Crippen LogP contribution in [0.5, 0.6) is 0 Å². The largest absolute Gasteiger partial charge is 0.366 e. The first-order chi connectivity index (χ1) is 11.2. The Morgan fingerprint density at radius 1 is 1.22 bits per heavy atom. The number of benzene rings is 1. The number of rotatable bonds is 5. The molecule has 23 heavy (non-hydrogen) atoms. The second-order valence-electron chi connectivity index (χ2n) is 5.34. The van der Waals surface area contributed by atoms with Gasteiger partial charge in [0, 0.05) is 24.4 Å². The zero-order chi connectivity index (χ0) is 16.2. The van der Waals surface area contributed by atoms with Crippen molar-refractivity contribution in [2.24, 2.45) is 0 Å². The zero-order valence-electron chi connectivity index (χ0n) is 13.2. The Morgan fingerprint density at radius 3 is 2.74 bits per heavy atom. The fourth-order valence-electron chi connectivity index (χ4n) is 2.35. The van der Waals surface area contributed by atoms with Crippen molar-refractivity contribution in [3.8, 4) is 5.95 Å². The fraction of sp³-hybridized carbons (Fsp3) is 0.235. The van der Waals surface area contributed by atoms with Gasteiger partial charge >= 0.3 is 0 Å². The van der Waals surface area contributed by atoms with Crippen molar-refractivity contribution in [3.63, 3.8) is 0 Å². The summed E-state index contributed by atoms with van der Waals surface area (Å²) in [5.41, 5.74) is 2.59. The third-order valence-electron chi connectivity index (χ3n) is 3.49. The van der Waals surface area contributed by atoms with Crippen molar-refractivity contribution in [2.75, 3.05) is 5.32 Å². The van der Waals surface area contributed by atoms with Gasteiger partial charge in [-0.3, -0.25) is 9.78 Å². The third kappa shape index (κ3) is 3.48. The zero-order valence-corrected chi connectivity index (χ0v) is 13.2. The van der Waals surface area contributed by atoms with E-state index in [1.807, 2.05) is 38.1 Å². The first kappa shape index (κ1) is 15.0. The lowest BCUT2D eigenvalue weighted by Gasteiger charge is -2.09. The lowest BCUT2D eigenvalue weighted by atomic mass is 10.2. The van der Waals surface area contributed by atoms with E-state index in [1.54, 1.807) is 4.68 Å². The number of aryl methyl sites for hydroxylation is 2. The number of nitrogens with one attached hydrogen (secondary N) is 2. The van der Waals surface area contributed by atoms with Gasteiger partial charge in [-0.05, 0) is 18.9 Å². The normalized spacial score (nSPS) is 10.7. The van der Waals surface area contributed by atoms with E-state index in [1.165, 1.54) is 11.6 Å². The highest BCUT2D eigenvalue weighted by Gasteiger charge is 2.10. The van der Waals surface area contributed by atoms with E-state index >= 15 is 0 Å². The Kier molecular flexibility index (Phi) is 4.23. The van der Waals surface area contributed by atoms with Gasteiger partial charge in [0.05, 0.1) is 5.69 Å². The summed E-state index contributed by atoms with van der Waals surface area (Å²) in [6, 6.07) is 13.5. The van der Waals surface area contributed by atoms with Gasteiger partial charge in [0.25, 0.3) is 5.56 Å².